The summed E-state index contributed by atoms with van der Waals surface area (Å²) < 4.78 is 5.56. The zero-order chi connectivity index (χ0) is 15.2. The molecule has 2 rings (SSSR count). The van der Waals surface area contributed by atoms with E-state index in [2.05, 4.69) is 62.3 Å². The zero-order valence-electron chi connectivity index (χ0n) is 13.9. The maximum atomic E-state index is 5.56. The van der Waals surface area contributed by atoms with Gasteiger partial charge in [-0.2, -0.15) is 0 Å². The van der Waals surface area contributed by atoms with Crippen LogP contribution in [0.5, 0.6) is 0 Å². The summed E-state index contributed by atoms with van der Waals surface area (Å²) in [5.74, 6) is 0.622. The first-order chi connectivity index (χ1) is 10.2. The van der Waals surface area contributed by atoms with Crippen LogP contribution in [0.1, 0.15) is 50.3 Å². The lowest BCUT2D eigenvalue weighted by Gasteiger charge is -2.43. The summed E-state index contributed by atoms with van der Waals surface area (Å²) in [6.07, 6.45) is 1.21. The van der Waals surface area contributed by atoms with E-state index in [9.17, 15) is 0 Å². The van der Waals surface area contributed by atoms with Crippen molar-refractivity contribution in [1.82, 2.24) is 10.2 Å². The Kier molecular flexibility index (Phi) is 6.22. The summed E-state index contributed by atoms with van der Waals surface area (Å²) in [7, 11) is 2.08. The van der Waals surface area contributed by atoms with Crippen molar-refractivity contribution in [2.75, 3.05) is 33.4 Å². The Morgan fingerprint density at radius 2 is 1.95 bits per heavy atom. The molecule has 1 N–H and O–H groups in total. The molecule has 3 heteroatoms. The second-order valence-electron chi connectivity index (χ2n) is 5.92. The topological polar surface area (TPSA) is 24.5 Å². The van der Waals surface area contributed by atoms with Crippen LogP contribution >= 0.6 is 0 Å². The smallest absolute Gasteiger partial charge is 0.0593 e. The first kappa shape index (κ1) is 16.5. The van der Waals surface area contributed by atoms with E-state index in [0.29, 0.717) is 18.0 Å². The van der Waals surface area contributed by atoms with Gasteiger partial charge in [0.25, 0.3) is 0 Å². The minimum absolute atomic E-state index is 0.416. The van der Waals surface area contributed by atoms with Crippen molar-refractivity contribution in [1.29, 1.82) is 0 Å². The summed E-state index contributed by atoms with van der Waals surface area (Å²) in [6.45, 7) is 10.4. The fourth-order valence-corrected chi connectivity index (χ4v) is 3.67. The number of nitrogens with one attached hydrogen (secondary N) is 1. The number of hydrogen-bond acceptors (Lipinski definition) is 3. The first-order valence-corrected chi connectivity index (χ1v) is 8.30. The van der Waals surface area contributed by atoms with Crippen molar-refractivity contribution in [3.63, 3.8) is 0 Å². The molecule has 0 saturated heterocycles. The second kappa shape index (κ2) is 7.92. The fourth-order valence-electron chi connectivity index (χ4n) is 3.67. The van der Waals surface area contributed by atoms with Gasteiger partial charge in [0.05, 0.1) is 6.61 Å². The molecule has 118 valence electrons. The minimum atomic E-state index is 0.416. The lowest BCUT2D eigenvalue weighted by molar-refractivity contribution is 0.0775. The van der Waals surface area contributed by atoms with Gasteiger partial charge in [-0.1, -0.05) is 38.1 Å². The van der Waals surface area contributed by atoms with Crippen molar-refractivity contribution in [2.24, 2.45) is 0 Å². The summed E-state index contributed by atoms with van der Waals surface area (Å²) in [4.78, 5) is 2.57. The summed E-state index contributed by atoms with van der Waals surface area (Å²) in [5.41, 5.74) is 2.98. The normalized spacial score (nSPS) is 25.1. The molecule has 0 spiro atoms. The van der Waals surface area contributed by atoms with Crippen molar-refractivity contribution < 1.29 is 4.74 Å². The average molecular weight is 290 g/mol. The van der Waals surface area contributed by atoms with E-state index in [1.54, 1.807) is 0 Å². The van der Waals surface area contributed by atoms with Crippen LogP contribution in [0.4, 0.5) is 0 Å². The van der Waals surface area contributed by atoms with Gasteiger partial charge in [-0.15, -0.1) is 0 Å². The van der Waals surface area contributed by atoms with Gasteiger partial charge in [-0.05, 0) is 44.0 Å². The average Bonchev–Trinajstić information content (AvgIpc) is 2.52. The molecule has 3 unspecified atom stereocenters. The molecule has 21 heavy (non-hydrogen) atoms. The Morgan fingerprint density at radius 1 is 1.24 bits per heavy atom. The molecule has 3 nitrogen and oxygen atoms in total. The van der Waals surface area contributed by atoms with Crippen LogP contribution in [0, 0.1) is 0 Å². The molecule has 1 aromatic carbocycles. The highest BCUT2D eigenvalue weighted by atomic mass is 16.5. The summed E-state index contributed by atoms with van der Waals surface area (Å²) in [5, 5.41) is 3.55. The third-order valence-corrected chi connectivity index (χ3v) is 4.75. The van der Waals surface area contributed by atoms with E-state index < -0.39 is 0 Å². The molecule has 1 aliphatic rings. The minimum Gasteiger partial charge on any atom is -0.380 e. The van der Waals surface area contributed by atoms with E-state index in [-0.39, 0.29) is 0 Å². The number of fused-ring (bicyclic) bond motifs is 1. The van der Waals surface area contributed by atoms with Gasteiger partial charge in [0.2, 0.25) is 0 Å². The number of benzene rings is 1. The molecular formula is C18H30N2O. The Bertz CT molecular complexity index is 435. The van der Waals surface area contributed by atoms with Gasteiger partial charge < -0.3 is 10.1 Å². The molecule has 0 aromatic heterocycles. The largest absolute Gasteiger partial charge is 0.380 e. The predicted octanol–water partition coefficient (Wildman–Crippen LogP) is 3.18. The van der Waals surface area contributed by atoms with E-state index in [4.69, 9.17) is 4.74 Å². The van der Waals surface area contributed by atoms with Crippen LogP contribution in [0.2, 0.25) is 0 Å². The molecule has 0 aliphatic heterocycles. The predicted molar refractivity (Wildman–Crippen MR) is 88.8 cm³/mol. The Morgan fingerprint density at radius 3 is 2.57 bits per heavy atom. The van der Waals surface area contributed by atoms with Gasteiger partial charge in [0.15, 0.2) is 0 Å². The van der Waals surface area contributed by atoms with E-state index in [1.807, 2.05) is 0 Å². The highest BCUT2D eigenvalue weighted by Gasteiger charge is 2.34. The zero-order valence-corrected chi connectivity index (χ0v) is 13.9. The molecule has 3 atom stereocenters. The molecule has 0 bridgehead atoms. The Hall–Kier alpha value is -0.900. The molecular weight excluding hydrogens is 260 g/mol. The lowest BCUT2D eigenvalue weighted by atomic mass is 9.77. The highest BCUT2D eigenvalue weighted by Crippen LogP contribution is 2.39. The highest BCUT2D eigenvalue weighted by molar-refractivity contribution is 5.36. The van der Waals surface area contributed by atoms with Crippen molar-refractivity contribution >= 4 is 0 Å². The maximum Gasteiger partial charge on any atom is 0.0593 e. The third kappa shape index (κ3) is 3.65. The van der Waals surface area contributed by atoms with Crippen LogP contribution in [0.15, 0.2) is 24.3 Å². The van der Waals surface area contributed by atoms with Crippen LogP contribution < -0.4 is 5.32 Å². The molecule has 1 aromatic rings. The lowest BCUT2D eigenvalue weighted by Crippen LogP contribution is -2.48. The molecule has 1 aliphatic carbocycles. The molecule has 0 saturated carbocycles. The first-order valence-electron chi connectivity index (χ1n) is 8.30. The summed E-state index contributed by atoms with van der Waals surface area (Å²) in [6, 6.07) is 9.86. The SMILES string of the molecule is CCOCCN(CC)C1CC(C)c2ccccc2C1NC. The van der Waals surface area contributed by atoms with Crippen LogP contribution in [0.3, 0.4) is 0 Å². The van der Waals surface area contributed by atoms with Crippen molar-refractivity contribution in [3.05, 3.63) is 35.4 Å². The quantitative estimate of drug-likeness (QED) is 0.781. The number of likely N-dealkylation sites (N-methyl/N-ethyl adjacent to an activating group) is 2. The van der Waals surface area contributed by atoms with Crippen molar-refractivity contribution in [3.8, 4) is 0 Å². The van der Waals surface area contributed by atoms with E-state index in [0.717, 1.165) is 26.3 Å². The second-order valence-corrected chi connectivity index (χ2v) is 5.92. The van der Waals surface area contributed by atoms with Crippen LogP contribution in [-0.2, 0) is 4.74 Å². The van der Waals surface area contributed by atoms with E-state index in [1.165, 1.54) is 17.5 Å². The van der Waals surface area contributed by atoms with Crippen LogP contribution in [-0.4, -0.2) is 44.3 Å². The number of nitrogens with zero attached hydrogens (tertiary/aromatic N) is 1. The van der Waals surface area contributed by atoms with Crippen molar-refractivity contribution in [2.45, 2.75) is 45.2 Å². The summed E-state index contributed by atoms with van der Waals surface area (Å²) >= 11 is 0. The number of ether oxygens (including phenoxy) is 1. The van der Waals surface area contributed by atoms with Gasteiger partial charge in [-0.3, -0.25) is 4.90 Å². The molecule has 0 fully saturated rings. The van der Waals surface area contributed by atoms with Gasteiger partial charge in [0, 0.05) is 25.2 Å². The maximum absolute atomic E-state index is 5.56. The monoisotopic (exact) mass is 290 g/mol. The van der Waals surface area contributed by atoms with E-state index >= 15 is 0 Å². The Labute approximate surface area is 129 Å². The Balaban J connectivity index is 2.19. The van der Waals surface area contributed by atoms with Gasteiger partial charge in [-0.25, -0.2) is 0 Å². The molecule has 0 radical (unpaired) electrons. The third-order valence-electron chi connectivity index (χ3n) is 4.75. The number of rotatable bonds is 7. The van der Waals surface area contributed by atoms with Crippen LogP contribution in [0.25, 0.3) is 0 Å². The fraction of sp³-hybridized carbons (Fsp3) is 0.667. The standard InChI is InChI=1S/C18H30N2O/c1-5-20(11-12-21-6-2)17-13-14(3)15-9-7-8-10-16(15)18(17)19-4/h7-10,14,17-19H,5-6,11-13H2,1-4H3. The number of hydrogen-bond donors (Lipinski definition) is 1. The van der Waals surface area contributed by atoms with Gasteiger partial charge in [0.1, 0.15) is 0 Å². The van der Waals surface area contributed by atoms with Gasteiger partial charge >= 0.3 is 0 Å². The molecule has 0 amide bonds. The molecule has 0 heterocycles.